The molecule has 1 aliphatic carbocycles. The van der Waals surface area contributed by atoms with E-state index in [1.807, 2.05) is 0 Å². The summed E-state index contributed by atoms with van der Waals surface area (Å²) in [6.07, 6.45) is 5.64. The second kappa shape index (κ2) is 7.77. The van der Waals surface area contributed by atoms with Crippen molar-refractivity contribution in [1.82, 2.24) is 15.5 Å². The first-order chi connectivity index (χ1) is 13.5. The van der Waals surface area contributed by atoms with Crippen LogP contribution in [0.25, 0.3) is 0 Å². The van der Waals surface area contributed by atoms with E-state index in [4.69, 9.17) is 0 Å². The van der Waals surface area contributed by atoms with E-state index in [9.17, 15) is 18.0 Å². The average Bonchev–Trinajstić information content (AvgIpc) is 2.72. The van der Waals surface area contributed by atoms with Crippen molar-refractivity contribution >= 4 is 11.7 Å². The molecule has 0 saturated carbocycles. The lowest BCUT2D eigenvalue weighted by Crippen LogP contribution is -2.45. The van der Waals surface area contributed by atoms with E-state index < -0.39 is 28.9 Å². The van der Waals surface area contributed by atoms with Crippen molar-refractivity contribution in [1.29, 1.82) is 0 Å². The quantitative estimate of drug-likeness (QED) is 0.818. The maximum absolute atomic E-state index is 13.8. The number of aryl methyl sites for hydroxylation is 2. The van der Waals surface area contributed by atoms with E-state index in [0.717, 1.165) is 42.9 Å². The van der Waals surface area contributed by atoms with Gasteiger partial charge in [-0.25, -0.2) is 13.2 Å². The molecule has 1 aliphatic heterocycles. The van der Waals surface area contributed by atoms with Gasteiger partial charge in [-0.2, -0.15) is 5.10 Å². The zero-order chi connectivity index (χ0) is 19.7. The summed E-state index contributed by atoms with van der Waals surface area (Å²) in [5.41, 5.74) is 1.87. The number of benzene rings is 1. The highest BCUT2D eigenvalue weighted by Gasteiger charge is 2.25. The Bertz CT molecular complexity index is 897. The summed E-state index contributed by atoms with van der Waals surface area (Å²) in [6, 6.07) is 3.66. The molecule has 1 aromatic heterocycles. The molecule has 0 spiro atoms. The Balaban J connectivity index is 1.37. The number of hydrogen-bond donors (Lipinski definition) is 1. The van der Waals surface area contributed by atoms with Crippen molar-refractivity contribution in [3.05, 3.63) is 52.5 Å². The van der Waals surface area contributed by atoms with E-state index in [1.165, 1.54) is 12.0 Å². The smallest absolute Gasteiger partial charge is 0.254 e. The van der Waals surface area contributed by atoms with E-state index in [1.54, 1.807) is 0 Å². The number of fused-ring (bicyclic) bond motifs is 1. The third kappa shape index (κ3) is 3.68. The van der Waals surface area contributed by atoms with Crippen LogP contribution in [-0.4, -0.2) is 35.2 Å². The van der Waals surface area contributed by atoms with Crippen LogP contribution in [0.5, 0.6) is 0 Å². The van der Waals surface area contributed by atoms with E-state index in [2.05, 4.69) is 26.5 Å². The van der Waals surface area contributed by atoms with Crippen LogP contribution >= 0.6 is 0 Å². The normalized spacial score (nSPS) is 17.3. The second-order valence-corrected chi connectivity index (χ2v) is 7.34. The van der Waals surface area contributed by atoms with Crippen molar-refractivity contribution in [2.75, 3.05) is 18.0 Å². The third-order valence-corrected chi connectivity index (χ3v) is 5.49. The fraction of sp³-hybridized carbons (Fsp3) is 0.450. The fourth-order valence-corrected chi connectivity index (χ4v) is 3.85. The fourth-order valence-electron chi connectivity index (χ4n) is 3.85. The molecule has 2 heterocycles. The van der Waals surface area contributed by atoms with Gasteiger partial charge in [0.2, 0.25) is 0 Å². The Morgan fingerprint density at radius 2 is 1.79 bits per heavy atom. The van der Waals surface area contributed by atoms with Crippen molar-refractivity contribution in [3.63, 3.8) is 0 Å². The highest BCUT2D eigenvalue weighted by molar-refractivity contribution is 5.94. The Hall–Kier alpha value is -2.64. The first kappa shape index (κ1) is 18.7. The Morgan fingerprint density at radius 1 is 1.04 bits per heavy atom. The van der Waals surface area contributed by atoms with Crippen LogP contribution in [0.15, 0.2) is 18.2 Å². The van der Waals surface area contributed by atoms with Crippen molar-refractivity contribution in [2.45, 2.75) is 44.6 Å². The molecular weight excluding hydrogens is 369 g/mol. The molecule has 0 radical (unpaired) electrons. The number of nitrogens with zero attached hydrogens (tertiary/aromatic N) is 3. The Labute approximate surface area is 161 Å². The number of halogens is 3. The van der Waals surface area contributed by atoms with Crippen LogP contribution in [0.2, 0.25) is 0 Å². The van der Waals surface area contributed by atoms with Crippen LogP contribution in [-0.2, 0) is 12.8 Å². The summed E-state index contributed by atoms with van der Waals surface area (Å²) < 4.78 is 40.2. The summed E-state index contributed by atoms with van der Waals surface area (Å²) in [4.78, 5) is 14.4. The number of anilines is 1. The van der Waals surface area contributed by atoms with Crippen molar-refractivity contribution in [2.24, 2.45) is 0 Å². The molecule has 5 nitrogen and oxygen atoms in total. The van der Waals surface area contributed by atoms with Crippen molar-refractivity contribution in [3.8, 4) is 0 Å². The highest BCUT2D eigenvalue weighted by atomic mass is 19.2. The van der Waals surface area contributed by atoms with Crippen LogP contribution in [0, 0.1) is 17.5 Å². The second-order valence-electron chi connectivity index (χ2n) is 7.34. The maximum atomic E-state index is 13.8. The zero-order valence-corrected chi connectivity index (χ0v) is 15.4. The maximum Gasteiger partial charge on any atom is 0.254 e. The number of aromatic nitrogens is 2. The molecular formula is C20H21F3N4O. The molecule has 148 valence electrons. The predicted molar refractivity (Wildman–Crippen MR) is 97.7 cm³/mol. The molecule has 0 atom stereocenters. The highest BCUT2D eigenvalue weighted by Crippen LogP contribution is 2.24. The van der Waals surface area contributed by atoms with Gasteiger partial charge in [0.1, 0.15) is 0 Å². The molecule has 1 fully saturated rings. The van der Waals surface area contributed by atoms with Gasteiger partial charge in [-0.15, -0.1) is 5.10 Å². The minimum Gasteiger partial charge on any atom is -0.355 e. The van der Waals surface area contributed by atoms with Gasteiger partial charge in [-0.1, -0.05) is 0 Å². The molecule has 2 aliphatic rings. The molecule has 8 heteroatoms. The molecule has 1 aromatic carbocycles. The van der Waals surface area contributed by atoms with E-state index in [0.29, 0.717) is 25.9 Å². The summed E-state index contributed by atoms with van der Waals surface area (Å²) in [5.74, 6) is -4.29. The van der Waals surface area contributed by atoms with Gasteiger partial charge in [0.05, 0.1) is 11.3 Å². The first-order valence-corrected chi connectivity index (χ1v) is 9.57. The first-order valence-electron chi connectivity index (χ1n) is 9.57. The number of carbonyl (C=O) groups excluding carboxylic acids is 1. The summed E-state index contributed by atoms with van der Waals surface area (Å²) >= 11 is 0. The minimum absolute atomic E-state index is 0.165. The van der Waals surface area contributed by atoms with Gasteiger partial charge in [-0.3, -0.25) is 4.79 Å². The van der Waals surface area contributed by atoms with Crippen LogP contribution in [0.4, 0.5) is 19.0 Å². The third-order valence-electron chi connectivity index (χ3n) is 5.49. The van der Waals surface area contributed by atoms with Gasteiger partial charge in [-0.05, 0) is 62.3 Å². The van der Waals surface area contributed by atoms with Crippen LogP contribution in [0.3, 0.4) is 0 Å². The molecule has 1 N–H and O–H groups in total. The lowest BCUT2D eigenvalue weighted by molar-refractivity contribution is 0.0925. The van der Waals surface area contributed by atoms with Gasteiger partial charge in [0.15, 0.2) is 23.3 Å². The van der Waals surface area contributed by atoms with Gasteiger partial charge >= 0.3 is 0 Å². The zero-order valence-electron chi connectivity index (χ0n) is 15.4. The lowest BCUT2D eigenvalue weighted by atomic mass is 9.96. The standard InChI is InChI=1S/C20H21F3N4O/c21-15-6-5-14(18(22)19(15)23)20(28)24-13-7-9-27(10-8-13)17-11-12-3-1-2-4-16(12)25-26-17/h5-6,11,13H,1-4,7-10H2,(H,24,28). The molecule has 4 rings (SSSR count). The lowest BCUT2D eigenvalue weighted by Gasteiger charge is -2.33. The molecule has 1 amide bonds. The molecule has 1 saturated heterocycles. The van der Waals surface area contributed by atoms with E-state index in [-0.39, 0.29) is 6.04 Å². The molecule has 0 bridgehead atoms. The molecule has 28 heavy (non-hydrogen) atoms. The SMILES string of the molecule is O=C(NC1CCN(c2cc3c(nn2)CCCC3)CC1)c1ccc(F)c(F)c1F. The molecule has 2 aromatic rings. The Morgan fingerprint density at radius 3 is 2.57 bits per heavy atom. The number of carbonyl (C=O) groups is 1. The summed E-state index contributed by atoms with van der Waals surface area (Å²) in [7, 11) is 0. The monoisotopic (exact) mass is 390 g/mol. The topological polar surface area (TPSA) is 58.1 Å². The van der Waals surface area contributed by atoms with E-state index >= 15 is 0 Å². The Kier molecular flexibility index (Phi) is 5.19. The number of rotatable bonds is 3. The van der Waals surface area contributed by atoms with Crippen molar-refractivity contribution < 1.29 is 18.0 Å². The summed E-state index contributed by atoms with van der Waals surface area (Å²) in [5, 5.41) is 11.4. The number of nitrogens with one attached hydrogen (secondary N) is 1. The average molecular weight is 390 g/mol. The van der Waals surface area contributed by atoms with Gasteiger partial charge in [0.25, 0.3) is 5.91 Å². The largest absolute Gasteiger partial charge is 0.355 e. The van der Waals surface area contributed by atoms with Crippen LogP contribution < -0.4 is 10.2 Å². The minimum atomic E-state index is -1.63. The van der Waals surface area contributed by atoms with Gasteiger partial charge in [0, 0.05) is 19.1 Å². The van der Waals surface area contributed by atoms with Crippen LogP contribution in [0.1, 0.15) is 47.3 Å². The molecule has 0 unspecified atom stereocenters. The number of amides is 1. The summed E-state index contributed by atoms with van der Waals surface area (Å²) in [6.45, 7) is 1.36. The van der Waals surface area contributed by atoms with Gasteiger partial charge < -0.3 is 10.2 Å². The number of hydrogen-bond acceptors (Lipinski definition) is 4. The number of piperidine rings is 1. The predicted octanol–water partition coefficient (Wildman–Crippen LogP) is 3.17.